The molecule has 0 amide bonds. The minimum Gasteiger partial charge on any atom is -0.476 e. The molecule has 7 nitrogen and oxygen atoms in total. The molecular weight excluding hydrogens is 226 g/mol. The number of rotatable bonds is 6. The van der Waals surface area contributed by atoms with Gasteiger partial charge in [-0.3, -0.25) is 0 Å². The Morgan fingerprint density at radius 3 is 2.82 bits per heavy atom. The first kappa shape index (κ1) is 13.1. The molecule has 0 spiro atoms. The van der Waals surface area contributed by atoms with Crippen LogP contribution >= 0.6 is 0 Å². The third-order valence-electron chi connectivity index (χ3n) is 2.21. The quantitative estimate of drug-likeness (QED) is 0.587. The number of carbonyl (C=O) groups excluding carboxylic acids is 1. The van der Waals surface area contributed by atoms with Crippen molar-refractivity contribution in [3.8, 4) is 0 Å². The fraction of sp³-hybridized carbons (Fsp3) is 0.600. The minimum atomic E-state index is -1.18. The van der Waals surface area contributed by atoms with Crippen molar-refractivity contribution in [2.24, 2.45) is 0 Å². The summed E-state index contributed by atoms with van der Waals surface area (Å²) in [4.78, 5) is 22.1. The lowest BCUT2D eigenvalue weighted by Gasteiger charge is -2.10. The van der Waals surface area contributed by atoms with E-state index in [0.717, 1.165) is 12.8 Å². The highest BCUT2D eigenvalue weighted by molar-refractivity contribution is 5.84. The molecule has 0 fully saturated rings. The second-order valence-electron chi connectivity index (χ2n) is 3.59. The molecule has 0 bridgehead atoms. The van der Waals surface area contributed by atoms with Crippen molar-refractivity contribution in [2.75, 3.05) is 6.61 Å². The standard InChI is InChI=1S/C10H15N3O4/c1-3-4-5-17-10(16)7(2)13-6-8(9(14)15)11-12-13/h6-7H,3-5H2,1-2H3,(H,14,15). The lowest BCUT2D eigenvalue weighted by atomic mass is 10.3. The van der Waals surface area contributed by atoms with Gasteiger partial charge in [0.25, 0.3) is 0 Å². The monoisotopic (exact) mass is 241 g/mol. The third-order valence-corrected chi connectivity index (χ3v) is 2.21. The van der Waals surface area contributed by atoms with Gasteiger partial charge in [-0.1, -0.05) is 18.6 Å². The van der Waals surface area contributed by atoms with Gasteiger partial charge in [-0.2, -0.15) is 0 Å². The van der Waals surface area contributed by atoms with Crippen LogP contribution in [0.3, 0.4) is 0 Å². The zero-order chi connectivity index (χ0) is 12.8. The highest BCUT2D eigenvalue weighted by Gasteiger charge is 2.19. The zero-order valence-corrected chi connectivity index (χ0v) is 9.79. The fourth-order valence-electron chi connectivity index (χ4n) is 1.11. The van der Waals surface area contributed by atoms with E-state index >= 15 is 0 Å². The molecule has 1 aromatic rings. The molecule has 0 aliphatic heterocycles. The smallest absolute Gasteiger partial charge is 0.358 e. The number of hydrogen-bond acceptors (Lipinski definition) is 5. The number of hydrogen-bond donors (Lipinski definition) is 1. The van der Waals surface area contributed by atoms with E-state index in [1.54, 1.807) is 6.92 Å². The molecule has 1 unspecified atom stereocenters. The van der Waals surface area contributed by atoms with Crippen molar-refractivity contribution >= 4 is 11.9 Å². The first-order chi connectivity index (χ1) is 8.06. The Kier molecular flexibility index (Phi) is 4.62. The van der Waals surface area contributed by atoms with Gasteiger partial charge >= 0.3 is 11.9 Å². The van der Waals surface area contributed by atoms with Gasteiger partial charge in [0.15, 0.2) is 5.69 Å². The Hall–Kier alpha value is -1.92. The molecular formula is C10H15N3O4. The molecule has 1 aromatic heterocycles. The van der Waals surface area contributed by atoms with Gasteiger partial charge in [-0.25, -0.2) is 14.3 Å². The number of carboxylic acid groups (broad SMARTS) is 1. The van der Waals surface area contributed by atoms with Crippen LogP contribution < -0.4 is 0 Å². The van der Waals surface area contributed by atoms with Crippen molar-refractivity contribution in [2.45, 2.75) is 32.7 Å². The normalized spacial score (nSPS) is 12.1. The van der Waals surface area contributed by atoms with Crippen molar-refractivity contribution in [1.29, 1.82) is 0 Å². The van der Waals surface area contributed by atoms with E-state index in [9.17, 15) is 9.59 Å². The van der Waals surface area contributed by atoms with E-state index in [1.807, 2.05) is 6.92 Å². The largest absolute Gasteiger partial charge is 0.476 e. The number of esters is 1. The third kappa shape index (κ3) is 3.54. The number of carboxylic acids is 1. The molecule has 7 heteroatoms. The second kappa shape index (κ2) is 5.97. The van der Waals surface area contributed by atoms with E-state index in [-0.39, 0.29) is 5.69 Å². The molecule has 0 aliphatic rings. The topological polar surface area (TPSA) is 94.3 Å². The summed E-state index contributed by atoms with van der Waals surface area (Å²) in [5.41, 5.74) is -0.196. The predicted octanol–water partition coefficient (Wildman–Crippen LogP) is 0.881. The molecule has 17 heavy (non-hydrogen) atoms. The number of aromatic nitrogens is 3. The number of carbonyl (C=O) groups is 2. The number of aromatic carboxylic acids is 1. The van der Waals surface area contributed by atoms with Crippen LogP contribution in [0.2, 0.25) is 0 Å². The fourth-order valence-corrected chi connectivity index (χ4v) is 1.11. The lowest BCUT2D eigenvalue weighted by molar-refractivity contribution is -0.147. The Morgan fingerprint density at radius 1 is 1.59 bits per heavy atom. The lowest BCUT2D eigenvalue weighted by Crippen LogP contribution is -2.20. The average Bonchev–Trinajstić information content (AvgIpc) is 2.77. The maximum atomic E-state index is 11.5. The van der Waals surface area contributed by atoms with Crippen molar-refractivity contribution in [1.82, 2.24) is 15.0 Å². The van der Waals surface area contributed by atoms with E-state index in [0.29, 0.717) is 6.61 Å². The highest BCUT2D eigenvalue weighted by atomic mass is 16.5. The summed E-state index contributed by atoms with van der Waals surface area (Å²) in [5.74, 6) is -1.62. The zero-order valence-electron chi connectivity index (χ0n) is 9.79. The van der Waals surface area contributed by atoms with Crippen LogP contribution in [0.15, 0.2) is 6.20 Å². The van der Waals surface area contributed by atoms with Gasteiger partial charge in [0, 0.05) is 0 Å². The van der Waals surface area contributed by atoms with Crippen molar-refractivity contribution in [3.63, 3.8) is 0 Å². The first-order valence-electron chi connectivity index (χ1n) is 5.38. The highest BCUT2D eigenvalue weighted by Crippen LogP contribution is 2.07. The predicted molar refractivity (Wildman–Crippen MR) is 57.6 cm³/mol. The number of unbranched alkanes of at least 4 members (excludes halogenated alkanes) is 1. The summed E-state index contributed by atoms with van der Waals surface area (Å²) >= 11 is 0. The molecule has 0 aliphatic carbocycles. The van der Waals surface area contributed by atoms with Crippen LogP contribution in [-0.2, 0) is 9.53 Å². The van der Waals surface area contributed by atoms with Gasteiger partial charge < -0.3 is 9.84 Å². The van der Waals surface area contributed by atoms with Gasteiger partial charge in [-0.05, 0) is 13.3 Å². The Bertz CT molecular complexity index is 402. The molecule has 0 radical (unpaired) electrons. The summed E-state index contributed by atoms with van der Waals surface area (Å²) in [6.45, 7) is 3.93. The summed E-state index contributed by atoms with van der Waals surface area (Å²) < 4.78 is 6.17. The molecule has 0 saturated carbocycles. The Balaban J connectivity index is 2.58. The van der Waals surface area contributed by atoms with Gasteiger partial charge in [0.1, 0.15) is 6.04 Å². The summed E-state index contributed by atoms with van der Waals surface area (Å²) in [6, 6.07) is -0.674. The number of ether oxygens (including phenoxy) is 1. The summed E-state index contributed by atoms with van der Waals surface area (Å²) in [5, 5.41) is 15.7. The second-order valence-corrected chi connectivity index (χ2v) is 3.59. The first-order valence-corrected chi connectivity index (χ1v) is 5.38. The van der Waals surface area contributed by atoms with Crippen LogP contribution in [0.1, 0.15) is 43.2 Å². The molecule has 1 atom stereocenters. The summed E-state index contributed by atoms with van der Waals surface area (Å²) in [7, 11) is 0. The van der Waals surface area contributed by atoms with Crippen LogP contribution in [0.4, 0.5) is 0 Å². The van der Waals surface area contributed by atoms with Crippen LogP contribution in [0.5, 0.6) is 0 Å². The van der Waals surface area contributed by atoms with E-state index < -0.39 is 18.0 Å². The molecule has 0 aromatic carbocycles. The molecule has 94 valence electrons. The van der Waals surface area contributed by atoms with Crippen LogP contribution in [0, 0.1) is 0 Å². The average molecular weight is 241 g/mol. The van der Waals surface area contributed by atoms with Crippen LogP contribution in [0.25, 0.3) is 0 Å². The molecule has 1 N–H and O–H groups in total. The van der Waals surface area contributed by atoms with Crippen molar-refractivity contribution < 1.29 is 19.4 Å². The maximum Gasteiger partial charge on any atom is 0.358 e. The van der Waals surface area contributed by atoms with E-state index in [4.69, 9.17) is 9.84 Å². The van der Waals surface area contributed by atoms with Gasteiger partial charge in [-0.15, -0.1) is 5.10 Å². The van der Waals surface area contributed by atoms with E-state index in [2.05, 4.69) is 10.3 Å². The Morgan fingerprint density at radius 2 is 2.29 bits per heavy atom. The minimum absolute atomic E-state index is 0.196. The summed E-state index contributed by atoms with van der Waals surface area (Å²) in [6.07, 6.45) is 2.94. The maximum absolute atomic E-state index is 11.5. The molecule has 0 saturated heterocycles. The van der Waals surface area contributed by atoms with Gasteiger partial charge in [0.05, 0.1) is 12.8 Å². The number of nitrogens with zero attached hydrogens (tertiary/aromatic N) is 3. The SMILES string of the molecule is CCCCOC(=O)C(C)n1cc(C(=O)O)nn1. The molecule has 1 rings (SSSR count). The van der Waals surface area contributed by atoms with Crippen molar-refractivity contribution in [3.05, 3.63) is 11.9 Å². The van der Waals surface area contributed by atoms with Crippen LogP contribution in [-0.4, -0.2) is 38.6 Å². The van der Waals surface area contributed by atoms with Gasteiger partial charge in [0.2, 0.25) is 0 Å². The molecule has 1 heterocycles. The van der Waals surface area contributed by atoms with E-state index in [1.165, 1.54) is 10.9 Å². The Labute approximate surface area is 98.4 Å².